The van der Waals surface area contributed by atoms with Crippen LogP contribution in [0.3, 0.4) is 0 Å². The third-order valence-corrected chi connectivity index (χ3v) is 5.17. The van der Waals surface area contributed by atoms with Gasteiger partial charge in [-0.1, -0.05) is 29.3 Å². The largest absolute Gasteiger partial charge is 0.465 e. The maximum absolute atomic E-state index is 12.0. The quantitative estimate of drug-likeness (QED) is 0.775. The first kappa shape index (κ1) is 19.5. The van der Waals surface area contributed by atoms with E-state index in [0.29, 0.717) is 22.3 Å². The molecule has 2 aromatic rings. The van der Waals surface area contributed by atoms with Crippen LogP contribution in [0.2, 0.25) is 10.0 Å². The zero-order valence-corrected chi connectivity index (χ0v) is 15.8. The van der Waals surface area contributed by atoms with Crippen LogP contribution >= 0.6 is 23.2 Å². The van der Waals surface area contributed by atoms with E-state index in [9.17, 15) is 13.2 Å². The van der Waals surface area contributed by atoms with Crippen molar-refractivity contribution in [1.82, 2.24) is 0 Å². The highest BCUT2D eigenvalue weighted by Crippen LogP contribution is 2.27. The second-order valence-electron chi connectivity index (χ2n) is 5.32. The molecule has 2 aromatic carbocycles. The van der Waals surface area contributed by atoms with Gasteiger partial charge in [0.25, 0.3) is 0 Å². The second-order valence-corrected chi connectivity index (χ2v) is 7.70. The van der Waals surface area contributed by atoms with Gasteiger partial charge in [0.1, 0.15) is 0 Å². The molecular weight excluding hydrogens is 387 g/mol. The topological polar surface area (TPSA) is 89.7 Å². The number of methoxy groups -OCH3 is 1. The highest BCUT2D eigenvalue weighted by atomic mass is 35.5. The number of carbonyl (C=O) groups excluding carboxylic acids is 1. The lowest BCUT2D eigenvalue weighted by atomic mass is 10.1. The molecule has 0 aliphatic rings. The van der Waals surface area contributed by atoms with Gasteiger partial charge in [-0.25, -0.2) is 18.4 Å². The van der Waals surface area contributed by atoms with Crippen molar-refractivity contribution in [3.05, 3.63) is 57.6 Å². The van der Waals surface area contributed by atoms with Crippen LogP contribution in [0.25, 0.3) is 0 Å². The van der Waals surface area contributed by atoms with Gasteiger partial charge in [0.05, 0.1) is 33.3 Å². The number of anilines is 1. The summed E-state index contributed by atoms with van der Waals surface area (Å²) in [6.45, 7) is 0.412. The SMILES string of the molecule is COC(=O)c1cc(S(N)(=O)=O)ccc1N(C)Cc1ccc(Cl)c(Cl)c1. The van der Waals surface area contributed by atoms with Crippen molar-refractivity contribution in [2.45, 2.75) is 11.4 Å². The minimum atomic E-state index is -3.94. The highest BCUT2D eigenvalue weighted by Gasteiger charge is 2.19. The third-order valence-electron chi connectivity index (χ3n) is 3.52. The van der Waals surface area contributed by atoms with E-state index >= 15 is 0 Å². The van der Waals surface area contributed by atoms with Crippen LogP contribution in [0.15, 0.2) is 41.3 Å². The number of hydrogen-bond acceptors (Lipinski definition) is 5. The number of ether oxygens (including phenoxy) is 1. The lowest BCUT2D eigenvalue weighted by molar-refractivity contribution is 0.0601. The first-order valence-electron chi connectivity index (χ1n) is 7.03. The molecule has 0 bridgehead atoms. The second kappa shape index (κ2) is 7.61. The van der Waals surface area contributed by atoms with Crippen LogP contribution in [-0.4, -0.2) is 28.5 Å². The van der Waals surface area contributed by atoms with Crippen LogP contribution in [0.1, 0.15) is 15.9 Å². The fourth-order valence-corrected chi connectivity index (χ4v) is 3.16. The van der Waals surface area contributed by atoms with Gasteiger partial charge in [-0.3, -0.25) is 0 Å². The van der Waals surface area contributed by atoms with Gasteiger partial charge in [-0.2, -0.15) is 0 Å². The summed E-state index contributed by atoms with van der Waals surface area (Å²) in [6, 6.07) is 9.24. The molecule has 0 radical (unpaired) electrons. The number of esters is 1. The van der Waals surface area contributed by atoms with Crippen molar-refractivity contribution in [2.75, 3.05) is 19.1 Å². The van der Waals surface area contributed by atoms with Crippen molar-refractivity contribution in [2.24, 2.45) is 5.14 Å². The number of rotatable bonds is 5. The van der Waals surface area contributed by atoms with Gasteiger partial charge >= 0.3 is 5.97 Å². The van der Waals surface area contributed by atoms with E-state index < -0.39 is 16.0 Å². The summed E-state index contributed by atoms with van der Waals surface area (Å²) < 4.78 is 27.8. The van der Waals surface area contributed by atoms with Gasteiger partial charge in [0.15, 0.2) is 0 Å². The Morgan fingerprint density at radius 2 is 1.84 bits per heavy atom. The first-order valence-corrected chi connectivity index (χ1v) is 9.34. The smallest absolute Gasteiger partial charge is 0.340 e. The van der Waals surface area contributed by atoms with E-state index in [1.807, 2.05) is 0 Å². The molecule has 0 saturated heterocycles. The number of nitrogens with zero attached hydrogens (tertiary/aromatic N) is 1. The average Bonchev–Trinajstić information content (AvgIpc) is 2.56. The van der Waals surface area contributed by atoms with Crippen molar-refractivity contribution in [3.8, 4) is 0 Å². The Labute approximate surface area is 156 Å². The Hall–Kier alpha value is -1.80. The number of carbonyl (C=O) groups is 1. The Kier molecular flexibility index (Phi) is 5.95. The molecule has 9 heteroatoms. The molecule has 0 aliphatic carbocycles. The van der Waals surface area contributed by atoms with E-state index in [0.717, 1.165) is 5.56 Å². The predicted molar refractivity (Wildman–Crippen MR) is 97.7 cm³/mol. The fraction of sp³-hybridized carbons (Fsp3) is 0.188. The van der Waals surface area contributed by atoms with Crippen LogP contribution < -0.4 is 10.0 Å². The maximum atomic E-state index is 12.0. The first-order chi connectivity index (χ1) is 11.6. The molecule has 2 rings (SSSR count). The van der Waals surface area contributed by atoms with E-state index in [-0.39, 0.29) is 10.5 Å². The molecule has 0 spiro atoms. The number of primary sulfonamides is 1. The zero-order chi connectivity index (χ0) is 18.8. The molecule has 0 amide bonds. The molecular formula is C16H16Cl2N2O4S. The molecule has 0 aliphatic heterocycles. The highest BCUT2D eigenvalue weighted by molar-refractivity contribution is 7.89. The molecule has 0 heterocycles. The van der Waals surface area contributed by atoms with Gasteiger partial charge < -0.3 is 9.64 Å². The Morgan fingerprint density at radius 3 is 2.40 bits per heavy atom. The summed E-state index contributed by atoms with van der Waals surface area (Å²) in [7, 11) is -0.969. The number of benzene rings is 2. The minimum Gasteiger partial charge on any atom is -0.465 e. The number of hydrogen-bond donors (Lipinski definition) is 1. The van der Waals surface area contributed by atoms with Gasteiger partial charge in [-0.15, -0.1) is 0 Å². The number of halogens is 2. The van der Waals surface area contributed by atoms with Crippen molar-refractivity contribution in [1.29, 1.82) is 0 Å². The molecule has 0 fully saturated rings. The molecule has 2 N–H and O–H groups in total. The molecule has 6 nitrogen and oxygen atoms in total. The molecule has 25 heavy (non-hydrogen) atoms. The average molecular weight is 403 g/mol. The van der Waals surface area contributed by atoms with Crippen LogP contribution in [0.4, 0.5) is 5.69 Å². The van der Waals surface area contributed by atoms with Crippen molar-refractivity contribution >= 4 is 44.9 Å². The third kappa shape index (κ3) is 4.64. The maximum Gasteiger partial charge on any atom is 0.340 e. The fourth-order valence-electron chi connectivity index (χ4n) is 2.30. The monoisotopic (exact) mass is 402 g/mol. The Bertz CT molecular complexity index is 916. The van der Waals surface area contributed by atoms with E-state index in [2.05, 4.69) is 0 Å². The van der Waals surface area contributed by atoms with Crippen LogP contribution in [-0.2, 0) is 21.3 Å². The Balaban J connectivity index is 2.42. The molecule has 0 unspecified atom stereocenters. The van der Waals surface area contributed by atoms with Crippen molar-refractivity contribution in [3.63, 3.8) is 0 Å². The summed E-state index contributed by atoms with van der Waals surface area (Å²) in [5.74, 6) is -0.665. The zero-order valence-electron chi connectivity index (χ0n) is 13.5. The van der Waals surface area contributed by atoms with Crippen LogP contribution in [0, 0.1) is 0 Å². The normalized spacial score (nSPS) is 11.2. The number of nitrogens with two attached hydrogens (primary N) is 1. The lowest BCUT2D eigenvalue weighted by Gasteiger charge is -2.22. The predicted octanol–water partition coefficient (Wildman–Crippen LogP) is 3.06. The number of sulfonamides is 1. The summed E-state index contributed by atoms with van der Waals surface area (Å²) in [5, 5.41) is 5.99. The summed E-state index contributed by atoms with van der Waals surface area (Å²) in [6.07, 6.45) is 0. The van der Waals surface area contributed by atoms with E-state index in [1.165, 1.54) is 25.3 Å². The van der Waals surface area contributed by atoms with Crippen molar-refractivity contribution < 1.29 is 17.9 Å². The molecule has 0 saturated carbocycles. The van der Waals surface area contributed by atoms with Crippen LogP contribution in [0.5, 0.6) is 0 Å². The summed E-state index contributed by atoms with van der Waals surface area (Å²) in [4.78, 5) is 13.6. The lowest BCUT2D eigenvalue weighted by Crippen LogP contribution is -2.21. The minimum absolute atomic E-state index is 0.0941. The molecule has 0 aromatic heterocycles. The summed E-state index contributed by atoms with van der Waals surface area (Å²) in [5.41, 5.74) is 1.45. The standard InChI is InChI=1S/C16H16Cl2N2O4S/c1-20(9-10-3-5-13(17)14(18)7-10)15-6-4-11(25(19,22)23)8-12(15)16(21)24-2/h3-8H,9H2,1-2H3,(H2,19,22,23). The summed E-state index contributed by atoms with van der Waals surface area (Å²) >= 11 is 11.9. The molecule has 0 atom stereocenters. The van der Waals surface area contributed by atoms with Gasteiger partial charge in [-0.05, 0) is 35.9 Å². The van der Waals surface area contributed by atoms with E-state index in [1.54, 1.807) is 30.1 Å². The van der Waals surface area contributed by atoms with E-state index in [4.69, 9.17) is 33.1 Å². The van der Waals surface area contributed by atoms with Gasteiger partial charge in [0, 0.05) is 13.6 Å². The molecule has 134 valence electrons. The van der Waals surface area contributed by atoms with Gasteiger partial charge in [0.2, 0.25) is 10.0 Å². The Morgan fingerprint density at radius 1 is 1.16 bits per heavy atom.